The number of benzene rings is 1. The number of carbonyl (C=O) groups excluding carboxylic acids is 1. The predicted molar refractivity (Wildman–Crippen MR) is 60.7 cm³/mol. The molecule has 2 rings (SSSR count). The first-order valence-electron chi connectivity index (χ1n) is 5.05. The highest BCUT2D eigenvalue weighted by atomic mass is 16.5. The average molecular weight is 219 g/mol. The van der Waals surface area contributed by atoms with Crippen LogP contribution in [0.4, 0.5) is 5.69 Å². The molecule has 1 aromatic rings. The third kappa shape index (κ3) is 1.62. The minimum absolute atomic E-state index is 0.0990. The van der Waals surface area contributed by atoms with E-state index in [1.54, 1.807) is 24.0 Å². The van der Waals surface area contributed by atoms with E-state index in [0.29, 0.717) is 18.0 Å². The second-order valence-corrected chi connectivity index (χ2v) is 3.65. The van der Waals surface area contributed by atoms with Crippen molar-refractivity contribution in [3.8, 4) is 11.5 Å². The second kappa shape index (κ2) is 3.89. The van der Waals surface area contributed by atoms with Gasteiger partial charge in [0, 0.05) is 12.6 Å². The lowest BCUT2D eigenvalue weighted by atomic mass is 10.2. The third-order valence-corrected chi connectivity index (χ3v) is 2.46. The van der Waals surface area contributed by atoms with Gasteiger partial charge in [-0.25, -0.2) is 0 Å². The number of rotatable bonds is 2. The fraction of sp³-hybridized carbons (Fsp3) is 0.250. The van der Waals surface area contributed by atoms with E-state index in [4.69, 9.17) is 4.74 Å². The van der Waals surface area contributed by atoms with Crippen molar-refractivity contribution in [2.24, 2.45) is 0 Å². The first-order valence-corrected chi connectivity index (χ1v) is 5.05. The molecule has 0 bridgehead atoms. The number of anilines is 1. The van der Waals surface area contributed by atoms with E-state index in [0.717, 1.165) is 0 Å². The van der Waals surface area contributed by atoms with Crippen LogP contribution < -0.4 is 9.64 Å². The van der Waals surface area contributed by atoms with Gasteiger partial charge in [-0.15, -0.1) is 6.58 Å². The molecule has 1 N–H and O–H groups in total. The van der Waals surface area contributed by atoms with Crippen LogP contribution in [0.15, 0.2) is 30.9 Å². The molecule has 0 saturated carbocycles. The van der Waals surface area contributed by atoms with Crippen molar-refractivity contribution in [2.75, 3.05) is 11.4 Å². The molecule has 0 spiro atoms. The Hall–Kier alpha value is -1.97. The number of aromatic hydroxyl groups is 1. The van der Waals surface area contributed by atoms with Crippen LogP contribution in [0.25, 0.3) is 0 Å². The van der Waals surface area contributed by atoms with Gasteiger partial charge in [-0.1, -0.05) is 6.08 Å². The van der Waals surface area contributed by atoms with Crippen molar-refractivity contribution in [1.82, 2.24) is 0 Å². The Bertz CT molecular complexity index is 442. The molecule has 1 heterocycles. The Labute approximate surface area is 93.8 Å². The van der Waals surface area contributed by atoms with E-state index < -0.39 is 6.10 Å². The van der Waals surface area contributed by atoms with Gasteiger partial charge in [0.05, 0.1) is 5.69 Å². The minimum Gasteiger partial charge on any atom is -0.508 e. The maximum absolute atomic E-state index is 11.9. The standard InChI is InChI=1S/C12H13NO3/c1-3-6-13-10-5-4-9(14)7-11(10)16-8(2)12(13)15/h3-5,7-8,14H,1,6H2,2H3. The number of fused-ring (bicyclic) bond motifs is 1. The number of nitrogens with zero attached hydrogens (tertiary/aromatic N) is 1. The lowest BCUT2D eigenvalue weighted by Gasteiger charge is -2.32. The molecule has 4 heteroatoms. The fourth-order valence-corrected chi connectivity index (χ4v) is 1.72. The highest BCUT2D eigenvalue weighted by molar-refractivity contribution is 6.00. The average Bonchev–Trinajstić information content (AvgIpc) is 2.24. The van der Waals surface area contributed by atoms with Gasteiger partial charge in [-0.2, -0.15) is 0 Å². The van der Waals surface area contributed by atoms with E-state index in [9.17, 15) is 9.90 Å². The maximum atomic E-state index is 11.9. The summed E-state index contributed by atoms with van der Waals surface area (Å²) in [7, 11) is 0. The molecule has 1 aliphatic heterocycles. The Balaban J connectivity index is 2.47. The van der Waals surface area contributed by atoms with Gasteiger partial charge in [0.2, 0.25) is 0 Å². The summed E-state index contributed by atoms with van der Waals surface area (Å²) in [5, 5.41) is 9.35. The van der Waals surface area contributed by atoms with Crippen LogP contribution in [0.5, 0.6) is 11.5 Å². The number of phenols is 1. The summed E-state index contributed by atoms with van der Waals surface area (Å²) < 4.78 is 5.42. The summed E-state index contributed by atoms with van der Waals surface area (Å²) in [4.78, 5) is 13.4. The van der Waals surface area contributed by atoms with Gasteiger partial charge in [0.1, 0.15) is 11.5 Å². The quantitative estimate of drug-likeness (QED) is 0.770. The molecule has 1 aliphatic rings. The number of hydrogen-bond donors (Lipinski definition) is 1. The van der Waals surface area contributed by atoms with Gasteiger partial charge in [-0.05, 0) is 19.1 Å². The van der Waals surface area contributed by atoms with Crippen LogP contribution in [0.1, 0.15) is 6.92 Å². The van der Waals surface area contributed by atoms with Crippen molar-refractivity contribution in [3.05, 3.63) is 30.9 Å². The van der Waals surface area contributed by atoms with Crippen LogP contribution >= 0.6 is 0 Å². The Kier molecular flexibility index (Phi) is 2.56. The number of phenolic OH excluding ortho intramolecular Hbond substituents is 1. The molecular formula is C12H13NO3. The van der Waals surface area contributed by atoms with E-state index >= 15 is 0 Å². The first-order chi connectivity index (χ1) is 7.63. The molecule has 0 fully saturated rings. The lowest BCUT2D eigenvalue weighted by Crippen LogP contribution is -2.44. The molecule has 0 aromatic heterocycles. The lowest BCUT2D eigenvalue weighted by molar-refractivity contribution is -0.125. The van der Waals surface area contributed by atoms with Crippen LogP contribution in [-0.4, -0.2) is 23.7 Å². The summed E-state index contributed by atoms with van der Waals surface area (Å²) in [6.07, 6.45) is 1.13. The van der Waals surface area contributed by atoms with E-state index in [-0.39, 0.29) is 11.7 Å². The molecule has 1 amide bonds. The van der Waals surface area contributed by atoms with Crippen molar-refractivity contribution in [1.29, 1.82) is 0 Å². The fourth-order valence-electron chi connectivity index (χ4n) is 1.72. The van der Waals surface area contributed by atoms with Gasteiger partial charge in [0.25, 0.3) is 5.91 Å². The molecule has 4 nitrogen and oxygen atoms in total. The molecule has 0 radical (unpaired) electrons. The number of hydrogen-bond acceptors (Lipinski definition) is 3. The molecular weight excluding hydrogens is 206 g/mol. The van der Waals surface area contributed by atoms with Crippen molar-refractivity contribution in [2.45, 2.75) is 13.0 Å². The molecule has 0 aliphatic carbocycles. The van der Waals surface area contributed by atoms with Gasteiger partial charge in [0.15, 0.2) is 6.10 Å². The first kappa shape index (κ1) is 10.5. The number of ether oxygens (including phenoxy) is 1. The summed E-state index contributed by atoms with van der Waals surface area (Å²) in [5.41, 5.74) is 0.667. The monoisotopic (exact) mass is 219 g/mol. The van der Waals surface area contributed by atoms with Gasteiger partial charge in [-0.3, -0.25) is 4.79 Å². The predicted octanol–water partition coefficient (Wildman–Crippen LogP) is 1.69. The molecule has 16 heavy (non-hydrogen) atoms. The van der Waals surface area contributed by atoms with Crippen LogP contribution in [0.3, 0.4) is 0 Å². The molecule has 1 aromatic carbocycles. The smallest absolute Gasteiger partial charge is 0.268 e. The largest absolute Gasteiger partial charge is 0.508 e. The van der Waals surface area contributed by atoms with E-state index in [2.05, 4.69) is 6.58 Å². The normalized spacial score (nSPS) is 18.9. The zero-order valence-corrected chi connectivity index (χ0v) is 9.01. The second-order valence-electron chi connectivity index (χ2n) is 3.65. The molecule has 1 atom stereocenters. The highest BCUT2D eigenvalue weighted by Gasteiger charge is 2.30. The summed E-state index contributed by atoms with van der Waals surface area (Å²) in [5.74, 6) is 0.547. The summed E-state index contributed by atoms with van der Waals surface area (Å²) in [6.45, 7) is 5.74. The van der Waals surface area contributed by atoms with Gasteiger partial charge >= 0.3 is 0 Å². The number of carbonyl (C=O) groups is 1. The summed E-state index contributed by atoms with van der Waals surface area (Å²) in [6, 6.07) is 4.70. The van der Waals surface area contributed by atoms with Crippen LogP contribution in [0.2, 0.25) is 0 Å². The van der Waals surface area contributed by atoms with Crippen LogP contribution in [0, 0.1) is 0 Å². The van der Waals surface area contributed by atoms with Crippen molar-refractivity contribution < 1.29 is 14.6 Å². The molecule has 84 valence electrons. The van der Waals surface area contributed by atoms with E-state index in [1.807, 2.05) is 0 Å². The van der Waals surface area contributed by atoms with Crippen molar-refractivity contribution in [3.63, 3.8) is 0 Å². The molecule has 0 saturated heterocycles. The summed E-state index contributed by atoms with van der Waals surface area (Å²) >= 11 is 0. The number of amides is 1. The zero-order chi connectivity index (χ0) is 11.7. The SMILES string of the molecule is C=CCN1C(=O)C(C)Oc2cc(O)ccc21. The minimum atomic E-state index is -0.533. The Morgan fingerprint density at radius 3 is 3.06 bits per heavy atom. The molecule has 1 unspecified atom stereocenters. The highest BCUT2D eigenvalue weighted by Crippen LogP contribution is 2.36. The van der Waals surface area contributed by atoms with Gasteiger partial charge < -0.3 is 14.7 Å². The zero-order valence-electron chi connectivity index (χ0n) is 9.01. The Morgan fingerprint density at radius 1 is 1.62 bits per heavy atom. The topological polar surface area (TPSA) is 49.8 Å². The van der Waals surface area contributed by atoms with Crippen LogP contribution in [-0.2, 0) is 4.79 Å². The van der Waals surface area contributed by atoms with Crippen molar-refractivity contribution >= 4 is 11.6 Å². The van der Waals surface area contributed by atoms with E-state index in [1.165, 1.54) is 12.1 Å². The maximum Gasteiger partial charge on any atom is 0.268 e. The Morgan fingerprint density at radius 2 is 2.38 bits per heavy atom. The third-order valence-electron chi connectivity index (χ3n) is 2.46.